The number of hydrogen-bond acceptors (Lipinski definition) is 6. The van der Waals surface area contributed by atoms with Crippen LogP contribution >= 0.6 is 0 Å². The molecule has 0 radical (unpaired) electrons. The molecule has 6 nitrogen and oxygen atoms in total. The number of nitrogen functional groups attached to an aromatic ring is 1. The predicted octanol–water partition coefficient (Wildman–Crippen LogP) is 4.57. The number of rotatable bonds is 5. The van der Waals surface area contributed by atoms with Gasteiger partial charge >= 0.3 is 6.18 Å². The molecule has 0 aliphatic rings. The van der Waals surface area contributed by atoms with Gasteiger partial charge < -0.3 is 21.1 Å². The molecular formula is C18H16F3N5O. The molecule has 0 spiro atoms. The summed E-state index contributed by atoms with van der Waals surface area (Å²) in [7, 11) is 1.56. The van der Waals surface area contributed by atoms with Crippen LogP contribution in [0.2, 0.25) is 0 Å². The summed E-state index contributed by atoms with van der Waals surface area (Å²) in [6.45, 7) is 0. The molecule has 140 valence electrons. The molecule has 0 aliphatic carbocycles. The largest absolute Gasteiger partial charge is 0.497 e. The highest BCUT2D eigenvalue weighted by Gasteiger charge is 2.29. The van der Waals surface area contributed by atoms with Crippen LogP contribution in [0.1, 0.15) is 5.56 Å². The molecule has 0 unspecified atom stereocenters. The quantitative estimate of drug-likeness (QED) is 0.606. The Morgan fingerprint density at radius 2 is 1.56 bits per heavy atom. The smallest absolute Gasteiger partial charge is 0.416 e. The van der Waals surface area contributed by atoms with Crippen molar-refractivity contribution >= 4 is 28.7 Å². The van der Waals surface area contributed by atoms with Crippen molar-refractivity contribution in [2.24, 2.45) is 0 Å². The first-order chi connectivity index (χ1) is 12.9. The summed E-state index contributed by atoms with van der Waals surface area (Å²) < 4.78 is 43.1. The van der Waals surface area contributed by atoms with Crippen molar-refractivity contribution in [1.82, 2.24) is 9.97 Å². The summed E-state index contributed by atoms with van der Waals surface area (Å²) in [4.78, 5) is 8.15. The number of aromatic nitrogens is 2. The molecule has 27 heavy (non-hydrogen) atoms. The third kappa shape index (κ3) is 4.38. The van der Waals surface area contributed by atoms with Gasteiger partial charge in [-0.05, 0) is 36.4 Å². The first kappa shape index (κ1) is 18.3. The summed E-state index contributed by atoms with van der Waals surface area (Å²) in [5.74, 6) is 1.29. The zero-order valence-electron chi connectivity index (χ0n) is 14.2. The molecule has 0 saturated heterocycles. The zero-order chi connectivity index (χ0) is 19.4. The van der Waals surface area contributed by atoms with Crippen molar-refractivity contribution in [3.63, 3.8) is 0 Å². The summed E-state index contributed by atoms with van der Waals surface area (Å²) in [6.07, 6.45) is -3.09. The Morgan fingerprint density at radius 3 is 2.15 bits per heavy atom. The molecule has 0 aliphatic heterocycles. The number of alkyl halides is 3. The maximum absolute atomic E-state index is 12.6. The minimum Gasteiger partial charge on any atom is -0.497 e. The van der Waals surface area contributed by atoms with Gasteiger partial charge in [0.25, 0.3) is 0 Å². The monoisotopic (exact) mass is 375 g/mol. The molecule has 0 bridgehead atoms. The van der Waals surface area contributed by atoms with Crippen molar-refractivity contribution in [2.45, 2.75) is 6.18 Å². The Hall–Kier alpha value is -3.49. The van der Waals surface area contributed by atoms with Crippen molar-refractivity contribution in [3.05, 3.63) is 60.4 Å². The topological polar surface area (TPSA) is 85.1 Å². The number of nitrogens with one attached hydrogen (secondary N) is 2. The molecule has 9 heteroatoms. The van der Waals surface area contributed by atoms with Gasteiger partial charge in [0.2, 0.25) is 0 Å². The van der Waals surface area contributed by atoms with Gasteiger partial charge in [0.15, 0.2) is 11.6 Å². The molecular weight excluding hydrogens is 359 g/mol. The maximum atomic E-state index is 12.6. The molecule has 1 heterocycles. The fourth-order valence-corrected chi connectivity index (χ4v) is 2.31. The van der Waals surface area contributed by atoms with Gasteiger partial charge in [-0.15, -0.1) is 0 Å². The molecule has 0 amide bonds. The van der Waals surface area contributed by atoms with Crippen molar-refractivity contribution < 1.29 is 17.9 Å². The van der Waals surface area contributed by atoms with Crippen LogP contribution in [-0.4, -0.2) is 17.1 Å². The molecule has 0 saturated carbocycles. The molecule has 4 N–H and O–H groups in total. The van der Waals surface area contributed by atoms with E-state index < -0.39 is 11.7 Å². The highest BCUT2D eigenvalue weighted by atomic mass is 19.4. The fourth-order valence-electron chi connectivity index (χ4n) is 2.31. The van der Waals surface area contributed by atoms with Crippen LogP contribution in [0.25, 0.3) is 0 Å². The Labute approximate surface area is 153 Å². The molecule has 1 aromatic heterocycles. The Morgan fingerprint density at radius 1 is 0.926 bits per heavy atom. The van der Waals surface area contributed by atoms with E-state index in [1.54, 1.807) is 25.3 Å². The minimum atomic E-state index is -4.39. The van der Waals surface area contributed by atoms with Crippen LogP contribution in [0.15, 0.2) is 54.9 Å². The van der Waals surface area contributed by atoms with Crippen LogP contribution in [0, 0.1) is 0 Å². The standard InChI is InChI=1S/C18H16F3N5O/c1-27-14-4-2-3-13(9-14)26-17-15(22)16(23-10-24-17)25-12-7-5-11(6-8-12)18(19,20)21/h2-10H,22H2,1H3,(H2,23,24,25,26). The Kier molecular flexibility index (Phi) is 5.02. The Bertz CT molecular complexity index is 929. The van der Waals surface area contributed by atoms with Crippen molar-refractivity contribution in [3.8, 4) is 5.75 Å². The first-order valence-electron chi connectivity index (χ1n) is 7.82. The molecule has 0 atom stereocenters. The van der Waals surface area contributed by atoms with Crippen LogP contribution in [0.5, 0.6) is 5.75 Å². The summed E-state index contributed by atoms with van der Waals surface area (Å²) >= 11 is 0. The maximum Gasteiger partial charge on any atom is 0.416 e. The average Bonchev–Trinajstić information content (AvgIpc) is 2.65. The summed E-state index contributed by atoms with van der Waals surface area (Å²) in [6, 6.07) is 11.8. The Balaban J connectivity index is 1.80. The van der Waals surface area contributed by atoms with E-state index in [2.05, 4.69) is 20.6 Å². The number of ether oxygens (including phenoxy) is 1. The first-order valence-corrected chi connectivity index (χ1v) is 7.82. The number of nitrogens with zero attached hydrogens (tertiary/aromatic N) is 2. The second-order valence-electron chi connectivity index (χ2n) is 5.54. The third-order valence-corrected chi connectivity index (χ3v) is 3.69. The number of halogens is 3. The highest BCUT2D eigenvalue weighted by Crippen LogP contribution is 2.32. The van der Waals surface area contributed by atoms with Crippen LogP contribution < -0.4 is 21.1 Å². The number of benzene rings is 2. The zero-order valence-corrected chi connectivity index (χ0v) is 14.2. The molecule has 0 fully saturated rings. The normalized spacial score (nSPS) is 11.1. The highest BCUT2D eigenvalue weighted by molar-refractivity contribution is 5.80. The lowest BCUT2D eigenvalue weighted by molar-refractivity contribution is -0.137. The van der Waals surface area contributed by atoms with Gasteiger partial charge in [0.1, 0.15) is 17.8 Å². The fraction of sp³-hybridized carbons (Fsp3) is 0.111. The van der Waals surface area contributed by atoms with E-state index in [9.17, 15) is 13.2 Å². The van der Waals surface area contributed by atoms with E-state index in [0.717, 1.165) is 12.1 Å². The lowest BCUT2D eigenvalue weighted by atomic mass is 10.2. The van der Waals surface area contributed by atoms with Gasteiger partial charge in [0, 0.05) is 17.4 Å². The molecule has 2 aromatic carbocycles. The van der Waals surface area contributed by atoms with Gasteiger partial charge in [-0.2, -0.15) is 13.2 Å². The predicted molar refractivity (Wildman–Crippen MR) is 97.4 cm³/mol. The third-order valence-electron chi connectivity index (χ3n) is 3.69. The number of methoxy groups -OCH3 is 1. The van der Waals surface area contributed by atoms with Crippen LogP contribution in [0.3, 0.4) is 0 Å². The van der Waals surface area contributed by atoms with E-state index in [1.807, 2.05) is 6.07 Å². The molecule has 3 aromatic rings. The van der Waals surface area contributed by atoms with Crippen LogP contribution in [0.4, 0.5) is 41.9 Å². The van der Waals surface area contributed by atoms with Crippen molar-refractivity contribution in [2.75, 3.05) is 23.5 Å². The van der Waals surface area contributed by atoms with Crippen LogP contribution in [-0.2, 0) is 6.18 Å². The lowest BCUT2D eigenvalue weighted by Crippen LogP contribution is -2.06. The lowest BCUT2D eigenvalue weighted by Gasteiger charge is -2.13. The minimum absolute atomic E-state index is 0.222. The van der Waals surface area contributed by atoms with E-state index in [-0.39, 0.29) is 11.5 Å². The second-order valence-corrected chi connectivity index (χ2v) is 5.54. The van der Waals surface area contributed by atoms with E-state index in [1.165, 1.54) is 18.5 Å². The molecule has 3 rings (SSSR count). The van der Waals surface area contributed by atoms with E-state index in [4.69, 9.17) is 10.5 Å². The van der Waals surface area contributed by atoms with Gasteiger partial charge in [0.05, 0.1) is 12.7 Å². The van der Waals surface area contributed by atoms with Gasteiger partial charge in [-0.25, -0.2) is 9.97 Å². The van der Waals surface area contributed by atoms with E-state index in [0.29, 0.717) is 22.9 Å². The van der Waals surface area contributed by atoms with E-state index >= 15 is 0 Å². The number of anilines is 5. The SMILES string of the molecule is COc1cccc(Nc2ncnc(Nc3ccc(C(F)(F)F)cc3)c2N)c1. The average molecular weight is 375 g/mol. The number of nitrogens with two attached hydrogens (primary N) is 1. The second kappa shape index (κ2) is 7.40. The number of hydrogen-bond donors (Lipinski definition) is 3. The summed E-state index contributed by atoms with van der Waals surface area (Å²) in [5, 5.41) is 5.95. The van der Waals surface area contributed by atoms with Gasteiger partial charge in [-0.1, -0.05) is 6.07 Å². The van der Waals surface area contributed by atoms with Crippen molar-refractivity contribution in [1.29, 1.82) is 0 Å². The van der Waals surface area contributed by atoms with Gasteiger partial charge in [-0.3, -0.25) is 0 Å². The summed E-state index contributed by atoms with van der Waals surface area (Å²) in [5.41, 5.74) is 6.70.